The molecule has 7 nitrogen and oxygen atoms in total. The molecule has 1 fully saturated rings. The minimum atomic E-state index is -4.64. The minimum absolute atomic E-state index is 0.195. The van der Waals surface area contributed by atoms with Crippen molar-refractivity contribution in [3.05, 3.63) is 53.7 Å². The molecule has 1 aliphatic rings. The highest BCUT2D eigenvalue weighted by molar-refractivity contribution is 6.03. The average molecular weight is 448 g/mol. The number of aromatic nitrogens is 3. The van der Waals surface area contributed by atoms with Crippen LogP contribution in [0.2, 0.25) is 0 Å². The maximum atomic E-state index is 12.9. The van der Waals surface area contributed by atoms with Crippen LogP contribution in [0.3, 0.4) is 0 Å². The number of carbonyl (C=O) groups is 1. The number of hydrogen-bond donors (Lipinski definition) is 1. The second-order valence-electron chi connectivity index (χ2n) is 7.69. The Morgan fingerprint density at radius 3 is 2.84 bits per heavy atom. The predicted octanol–water partition coefficient (Wildman–Crippen LogP) is 4.54. The second kappa shape index (κ2) is 8.78. The van der Waals surface area contributed by atoms with Crippen LogP contribution < -0.4 is 10.1 Å². The van der Waals surface area contributed by atoms with Gasteiger partial charge in [-0.2, -0.15) is 13.2 Å². The summed E-state index contributed by atoms with van der Waals surface area (Å²) in [5.74, 6) is 0.181. The number of hydrogen-bond acceptors (Lipinski definition) is 5. The number of amides is 1. The molecule has 170 valence electrons. The van der Waals surface area contributed by atoms with Crippen molar-refractivity contribution in [3.8, 4) is 5.75 Å². The van der Waals surface area contributed by atoms with Crippen molar-refractivity contribution in [1.82, 2.24) is 14.4 Å². The lowest BCUT2D eigenvalue weighted by molar-refractivity contribution is -0.141. The van der Waals surface area contributed by atoms with Crippen molar-refractivity contribution in [2.45, 2.75) is 32.4 Å². The number of fused-ring (bicyclic) bond motifs is 1. The van der Waals surface area contributed by atoms with E-state index in [9.17, 15) is 18.0 Å². The number of imidazole rings is 1. The molecule has 0 radical (unpaired) electrons. The van der Waals surface area contributed by atoms with Crippen LogP contribution in [0.25, 0.3) is 5.65 Å². The molecule has 3 aromatic heterocycles. The van der Waals surface area contributed by atoms with Gasteiger partial charge in [0, 0.05) is 31.0 Å². The van der Waals surface area contributed by atoms with Gasteiger partial charge in [-0.05, 0) is 31.4 Å². The van der Waals surface area contributed by atoms with Crippen molar-refractivity contribution in [3.63, 3.8) is 0 Å². The molecule has 0 saturated carbocycles. The molecular weight excluding hydrogens is 425 g/mol. The summed E-state index contributed by atoms with van der Waals surface area (Å²) >= 11 is 0. The summed E-state index contributed by atoms with van der Waals surface area (Å²) in [6.45, 7) is 5.68. The van der Waals surface area contributed by atoms with Crippen LogP contribution >= 0.6 is 0 Å². The lowest BCUT2D eigenvalue weighted by Crippen LogP contribution is -2.17. The molecule has 10 heteroatoms. The first kappa shape index (κ1) is 22.1. The monoisotopic (exact) mass is 448 g/mol. The van der Waals surface area contributed by atoms with Gasteiger partial charge in [0.15, 0.2) is 0 Å². The van der Waals surface area contributed by atoms with E-state index in [1.54, 1.807) is 23.6 Å². The molecule has 0 unspecified atom stereocenters. The maximum Gasteiger partial charge on any atom is 0.433 e. The van der Waals surface area contributed by atoms with E-state index in [0.717, 1.165) is 30.9 Å². The number of nitrogens with one attached hydrogen (secondary N) is 1. The first-order valence-electron chi connectivity index (χ1n) is 10.3. The number of carbonyl (C=O) groups excluding carboxylic acids is 1. The zero-order chi connectivity index (χ0) is 22.9. The molecule has 32 heavy (non-hydrogen) atoms. The lowest BCUT2D eigenvalue weighted by atomic mass is 9.91. The maximum absolute atomic E-state index is 12.9. The number of pyridine rings is 2. The SMILES string of the molecule is CCOc1cc2nc([C@H](C)[C@H]3CCOC3)cn2cc1NC(=O)c1cccc(C(F)(F)F)n1. The third-order valence-corrected chi connectivity index (χ3v) is 5.53. The largest absolute Gasteiger partial charge is 0.491 e. The van der Waals surface area contributed by atoms with Crippen LogP contribution in [0.4, 0.5) is 18.9 Å². The Labute approximate surface area is 182 Å². The van der Waals surface area contributed by atoms with Gasteiger partial charge >= 0.3 is 6.18 Å². The molecule has 2 atom stereocenters. The summed E-state index contributed by atoms with van der Waals surface area (Å²) in [5, 5.41) is 2.61. The highest BCUT2D eigenvalue weighted by atomic mass is 19.4. The minimum Gasteiger partial charge on any atom is -0.491 e. The zero-order valence-electron chi connectivity index (χ0n) is 17.6. The molecule has 1 saturated heterocycles. The Balaban J connectivity index is 1.63. The third-order valence-electron chi connectivity index (χ3n) is 5.53. The number of rotatable bonds is 6. The van der Waals surface area contributed by atoms with E-state index in [-0.39, 0.29) is 11.6 Å². The summed E-state index contributed by atoms with van der Waals surface area (Å²) < 4.78 is 51.7. The second-order valence-corrected chi connectivity index (χ2v) is 7.69. The van der Waals surface area contributed by atoms with Gasteiger partial charge < -0.3 is 19.2 Å². The van der Waals surface area contributed by atoms with E-state index in [1.807, 2.05) is 6.20 Å². The standard InChI is InChI=1S/C22H23F3N4O3/c1-3-32-18-9-20-27-16(13(2)14-7-8-31-12-14)10-29(20)11-17(18)28-21(30)15-5-4-6-19(26-15)22(23,24)25/h4-6,9-11,13-14H,3,7-8,12H2,1-2H3,(H,28,30)/t13-,14+/m1/s1. The number of nitrogens with zero attached hydrogens (tertiary/aromatic N) is 3. The average Bonchev–Trinajstić information content (AvgIpc) is 3.43. The van der Waals surface area contributed by atoms with E-state index in [0.29, 0.717) is 36.2 Å². The molecule has 0 aliphatic carbocycles. The van der Waals surface area contributed by atoms with Crippen molar-refractivity contribution in [2.24, 2.45) is 5.92 Å². The predicted molar refractivity (Wildman–Crippen MR) is 111 cm³/mol. The van der Waals surface area contributed by atoms with E-state index in [2.05, 4.69) is 17.2 Å². The topological polar surface area (TPSA) is 77.8 Å². The van der Waals surface area contributed by atoms with E-state index < -0.39 is 17.8 Å². The van der Waals surface area contributed by atoms with E-state index in [4.69, 9.17) is 14.5 Å². The van der Waals surface area contributed by atoms with Crippen LogP contribution in [0.1, 0.15) is 48.1 Å². The summed E-state index contributed by atoms with van der Waals surface area (Å²) in [5.41, 5.74) is 0.373. The fourth-order valence-corrected chi connectivity index (χ4v) is 3.72. The first-order valence-corrected chi connectivity index (χ1v) is 10.3. The smallest absolute Gasteiger partial charge is 0.433 e. The Morgan fingerprint density at radius 1 is 1.34 bits per heavy atom. The molecule has 0 spiro atoms. The summed E-state index contributed by atoms with van der Waals surface area (Å²) in [6, 6.07) is 4.88. The highest BCUT2D eigenvalue weighted by Crippen LogP contribution is 2.33. The fraction of sp³-hybridized carbons (Fsp3) is 0.409. The van der Waals surface area contributed by atoms with E-state index >= 15 is 0 Å². The highest BCUT2D eigenvalue weighted by Gasteiger charge is 2.33. The van der Waals surface area contributed by atoms with Gasteiger partial charge in [0.2, 0.25) is 0 Å². The van der Waals surface area contributed by atoms with Crippen molar-refractivity contribution in [1.29, 1.82) is 0 Å². The van der Waals surface area contributed by atoms with Crippen LogP contribution in [0, 0.1) is 5.92 Å². The number of halogens is 3. The van der Waals surface area contributed by atoms with E-state index in [1.165, 1.54) is 6.07 Å². The van der Waals surface area contributed by atoms with Crippen LogP contribution in [-0.4, -0.2) is 40.1 Å². The van der Waals surface area contributed by atoms with Gasteiger partial charge in [0.1, 0.15) is 28.5 Å². The normalized spacial score (nSPS) is 17.5. The van der Waals surface area contributed by atoms with Gasteiger partial charge in [-0.1, -0.05) is 13.0 Å². The van der Waals surface area contributed by atoms with Crippen LogP contribution in [-0.2, 0) is 10.9 Å². The van der Waals surface area contributed by atoms with Crippen molar-refractivity contribution in [2.75, 3.05) is 25.1 Å². The quantitative estimate of drug-likeness (QED) is 0.599. The van der Waals surface area contributed by atoms with Crippen molar-refractivity contribution < 1.29 is 27.4 Å². The Hall–Kier alpha value is -3.14. The molecule has 1 N–H and O–H groups in total. The number of ether oxygens (including phenoxy) is 2. The Bertz CT molecular complexity index is 1120. The van der Waals surface area contributed by atoms with Gasteiger partial charge in [-0.15, -0.1) is 0 Å². The fourth-order valence-electron chi connectivity index (χ4n) is 3.72. The third kappa shape index (κ3) is 4.55. The molecule has 3 aromatic rings. The molecule has 0 aromatic carbocycles. The number of alkyl halides is 3. The first-order chi connectivity index (χ1) is 15.3. The van der Waals surface area contributed by atoms with Gasteiger partial charge in [0.05, 0.1) is 18.9 Å². The Kier molecular flexibility index (Phi) is 6.05. The number of anilines is 1. The molecule has 1 amide bonds. The molecule has 0 bridgehead atoms. The van der Waals surface area contributed by atoms with Gasteiger partial charge in [-0.3, -0.25) is 4.79 Å². The van der Waals surface area contributed by atoms with Crippen LogP contribution in [0.5, 0.6) is 5.75 Å². The zero-order valence-corrected chi connectivity index (χ0v) is 17.6. The lowest BCUT2D eigenvalue weighted by Gasteiger charge is -2.14. The summed E-state index contributed by atoms with van der Waals surface area (Å²) in [4.78, 5) is 20.8. The Morgan fingerprint density at radius 2 is 2.16 bits per heavy atom. The van der Waals surface area contributed by atoms with Gasteiger partial charge in [0.25, 0.3) is 5.91 Å². The summed E-state index contributed by atoms with van der Waals surface area (Å²) in [7, 11) is 0. The van der Waals surface area contributed by atoms with Crippen molar-refractivity contribution >= 4 is 17.2 Å². The molecule has 1 aliphatic heterocycles. The molecule has 4 heterocycles. The molecular formula is C22H23F3N4O3. The molecule has 4 rings (SSSR count). The summed E-state index contributed by atoms with van der Waals surface area (Å²) in [6.07, 6.45) is -0.142. The van der Waals surface area contributed by atoms with Crippen LogP contribution in [0.15, 0.2) is 36.7 Å². The van der Waals surface area contributed by atoms with Gasteiger partial charge in [-0.25, -0.2) is 9.97 Å².